The molecule has 0 rings (SSSR count). The molecule has 7 heteroatoms. The van der Waals surface area contributed by atoms with Crippen LogP contribution in [0.3, 0.4) is 0 Å². The standard InChI is InChI=1S/2C10H24NOSi.2CH3.Zr/c2*1-9(2,3)12-13(6,7)8-10(4,5)11;;;/h2*11H,8H2,1-7H3;2*1H3;/q2*-1;;;+2. The van der Waals surface area contributed by atoms with Gasteiger partial charge in [-0.25, -0.2) is 0 Å². The molecule has 0 aromatic heterocycles. The van der Waals surface area contributed by atoms with E-state index in [1.54, 1.807) is 0 Å². The second-order valence-electron chi connectivity index (χ2n) is 13.9. The molecule has 2 N–H and O–H groups in total. The van der Waals surface area contributed by atoms with Gasteiger partial charge in [0.2, 0.25) is 0 Å². The molecule has 176 valence electrons. The normalized spacial score (nSPS) is 15.7. The van der Waals surface area contributed by atoms with Crippen LogP contribution in [-0.4, -0.2) is 38.9 Å². The molecule has 0 saturated heterocycles. The molecule has 0 bridgehead atoms. The van der Waals surface area contributed by atoms with Gasteiger partial charge in [0.15, 0.2) is 0 Å². The van der Waals surface area contributed by atoms with Crippen molar-refractivity contribution in [2.75, 3.05) is 0 Å². The number of hydrogen-bond donors (Lipinski definition) is 2. The predicted octanol–water partition coefficient (Wildman–Crippen LogP) is 6.84. The molecule has 0 aliphatic rings. The Balaban J connectivity index is 5.15. The Morgan fingerprint density at radius 3 is 1.03 bits per heavy atom. The van der Waals surface area contributed by atoms with Crippen LogP contribution in [0.25, 0.3) is 0 Å². The Morgan fingerprint density at radius 1 is 0.586 bits per heavy atom. The van der Waals surface area contributed by atoms with Gasteiger partial charge < -0.3 is 0 Å². The van der Waals surface area contributed by atoms with Crippen LogP contribution in [0, 0.1) is 0 Å². The summed E-state index contributed by atoms with van der Waals surface area (Å²) in [6.07, 6.45) is 0. The zero-order chi connectivity index (χ0) is 23.7. The van der Waals surface area contributed by atoms with Crippen LogP contribution in [0.2, 0.25) is 47.5 Å². The fourth-order valence-corrected chi connectivity index (χ4v) is 23.3. The maximum atomic E-state index is 6.48. The third-order valence-electron chi connectivity index (χ3n) is 4.20. The molecule has 0 unspecified atom stereocenters. The molecule has 0 aromatic rings. The van der Waals surface area contributed by atoms with Crippen molar-refractivity contribution in [1.82, 2.24) is 6.52 Å². The van der Waals surface area contributed by atoms with Crippen LogP contribution in [0.1, 0.15) is 69.2 Å². The number of hydrogen-bond acceptors (Lipinski definition) is 4. The molecule has 0 atom stereocenters. The summed E-state index contributed by atoms with van der Waals surface area (Å²) in [5.41, 5.74) is -0.0147. The Kier molecular flexibility index (Phi) is 9.95. The van der Waals surface area contributed by atoms with Crippen molar-refractivity contribution >= 4 is 16.6 Å². The molecule has 0 amide bonds. The van der Waals surface area contributed by atoms with Crippen molar-refractivity contribution < 1.29 is 29.7 Å². The molecule has 0 spiro atoms. The Morgan fingerprint density at radius 2 is 0.828 bits per heavy atom. The van der Waals surface area contributed by atoms with E-state index in [0.29, 0.717) is 0 Å². The van der Waals surface area contributed by atoms with Crippen LogP contribution in [-0.2, 0) is 29.7 Å². The van der Waals surface area contributed by atoms with Gasteiger partial charge in [0.05, 0.1) is 0 Å². The van der Waals surface area contributed by atoms with Gasteiger partial charge in [0.25, 0.3) is 0 Å². The van der Waals surface area contributed by atoms with Crippen LogP contribution < -0.4 is 6.52 Å². The van der Waals surface area contributed by atoms with E-state index in [4.69, 9.17) is 8.85 Å². The summed E-state index contributed by atoms with van der Waals surface area (Å²) in [5, 5.41) is 0. The first-order chi connectivity index (χ1) is 12.2. The van der Waals surface area contributed by atoms with Crippen LogP contribution in [0.4, 0.5) is 0 Å². The van der Waals surface area contributed by atoms with Gasteiger partial charge in [-0.05, 0) is 0 Å². The molecule has 0 aliphatic carbocycles. The van der Waals surface area contributed by atoms with Crippen molar-refractivity contribution in [3.05, 3.63) is 0 Å². The van der Waals surface area contributed by atoms with Gasteiger partial charge in [0.1, 0.15) is 0 Å². The van der Waals surface area contributed by atoms with Crippen LogP contribution in [0.15, 0.2) is 0 Å². The first kappa shape index (κ1) is 30.2. The topological polar surface area (TPSA) is 42.5 Å². The number of rotatable bonds is 10. The summed E-state index contributed by atoms with van der Waals surface area (Å²) in [4.78, 5) is 0. The van der Waals surface area contributed by atoms with Crippen molar-refractivity contribution in [2.45, 2.75) is 139 Å². The van der Waals surface area contributed by atoms with Crippen molar-refractivity contribution in [1.29, 1.82) is 0 Å². The van der Waals surface area contributed by atoms with E-state index in [9.17, 15) is 0 Å². The summed E-state index contributed by atoms with van der Waals surface area (Å²) in [6, 6.07) is 2.21. The fraction of sp³-hybridized carbons (Fsp3) is 1.00. The van der Waals surface area contributed by atoms with E-state index in [2.05, 4.69) is 111 Å². The molecule has 0 fully saturated rings. The van der Waals surface area contributed by atoms with E-state index < -0.39 is 37.5 Å². The maximum absolute atomic E-state index is 6.48. The Bertz CT molecular complexity index is 488. The molecule has 0 saturated carbocycles. The van der Waals surface area contributed by atoms with Gasteiger partial charge >= 0.3 is 192 Å². The third kappa shape index (κ3) is 15.6. The Labute approximate surface area is 191 Å². The van der Waals surface area contributed by atoms with E-state index in [1.165, 1.54) is 0 Å². The Hall–Kier alpha value is 1.16. The summed E-state index contributed by atoms with van der Waals surface area (Å²) in [6.45, 7) is 31.8. The second kappa shape index (κ2) is 9.57. The molecular formula is C22H54N2O2Si2Zr. The fourth-order valence-electron chi connectivity index (χ4n) is 5.67. The summed E-state index contributed by atoms with van der Waals surface area (Å²) >= 11 is -2.70. The van der Waals surface area contributed by atoms with Crippen molar-refractivity contribution in [3.63, 3.8) is 0 Å². The molecular weight excluding hydrogens is 472 g/mol. The average molecular weight is 526 g/mol. The second-order valence-corrected chi connectivity index (χ2v) is 31.3. The summed E-state index contributed by atoms with van der Waals surface area (Å²) in [7, 11) is -3.53. The zero-order valence-electron chi connectivity index (χ0n) is 22.7. The van der Waals surface area contributed by atoms with E-state index in [1.807, 2.05) is 0 Å². The van der Waals surface area contributed by atoms with Gasteiger partial charge in [0, 0.05) is 0 Å². The van der Waals surface area contributed by atoms with Crippen molar-refractivity contribution in [2.24, 2.45) is 0 Å². The number of nitrogens with one attached hydrogen (secondary N) is 2. The summed E-state index contributed by atoms with van der Waals surface area (Å²) < 4.78 is 26.1. The molecule has 4 nitrogen and oxygen atoms in total. The van der Waals surface area contributed by atoms with Gasteiger partial charge in [-0.1, -0.05) is 0 Å². The molecule has 0 aromatic carbocycles. The third-order valence-corrected chi connectivity index (χ3v) is 16.4. The molecule has 0 radical (unpaired) electrons. The van der Waals surface area contributed by atoms with Crippen LogP contribution >= 0.6 is 0 Å². The minimum atomic E-state index is -2.70. The van der Waals surface area contributed by atoms with E-state index in [-0.39, 0.29) is 22.3 Å². The first-order valence-corrected chi connectivity index (χ1v) is 24.8. The summed E-state index contributed by atoms with van der Waals surface area (Å²) in [5.74, 6) is 0. The zero-order valence-corrected chi connectivity index (χ0v) is 27.2. The molecule has 29 heavy (non-hydrogen) atoms. The monoisotopic (exact) mass is 524 g/mol. The minimum absolute atomic E-state index is 0.0679. The SMILES string of the molecule is CC(C)(C[Si](C)(C)OC(C)(C)C)[NH][Zr]([CH3])([CH3])[NH]C(C)(C)C[Si](C)(C)OC(C)(C)C. The quantitative estimate of drug-likeness (QED) is 0.306. The molecule has 0 heterocycles. The van der Waals surface area contributed by atoms with E-state index in [0.717, 1.165) is 12.1 Å². The van der Waals surface area contributed by atoms with Crippen LogP contribution in [0.5, 0.6) is 0 Å². The first-order valence-electron chi connectivity index (χ1n) is 11.2. The van der Waals surface area contributed by atoms with E-state index >= 15 is 0 Å². The van der Waals surface area contributed by atoms with Gasteiger partial charge in [-0.15, -0.1) is 0 Å². The molecule has 0 aliphatic heterocycles. The van der Waals surface area contributed by atoms with Gasteiger partial charge in [-0.2, -0.15) is 0 Å². The predicted molar refractivity (Wildman–Crippen MR) is 132 cm³/mol. The van der Waals surface area contributed by atoms with Gasteiger partial charge in [-0.3, -0.25) is 0 Å². The van der Waals surface area contributed by atoms with Crippen molar-refractivity contribution in [3.8, 4) is 0 Å². The average Bonchev–Trinajstić information content (AvgIpc) is 2.10.